The average molecular weight is 556 g/mol. The second-order valence-electron chi connectivity index (χ2n) is 7.80. The molecule has 0 spiro atoms. The number of phosphoric acid groups is 1. The molecule has 13 nitrogen and oxygen atoms in total. The van der Waals surface area contributed by atoms with Crippen molar-refractivity contribution in [2.24, 2.45) is 0 Å². The predicted molar refractivity (Wildman–Crippen MR) is 143 cm³/mol. The summed E-state index contributed by atoms with van der Waals surface area (Å²) in [4.78, 5) is 54.4. The Labute approximate surface area is 222 Å². The van der Waals surface area contributed by atoms with Crippen molar-refractivity contribution in [2.45, 2.75) is 0 Å². The molecule has 14 heteroatoms. The van der Waals surface area contributed by atoms with Gasteiger partial charge >= 0.3 is 13.8 Å². The Morgan fingerprint density at radius 3 is 2.03 bits per heavy atom. The number of carboxylic acids is 1. The highest BCUT2D eigenvalue weighted by Crippen LogP contribution is 2.36. The number of carboxylic acid groups (broad SMARTS) is 1. The quantitative estimate of drug-likeness (QED) is 0.182. The molecule has 0 unspecified atom stereocenters. The largest absolute Gasteiger partial charge is 0.493 e. The van der Waals surface area contributed by atoms with Crippen LogP contribution >= 0.6 is 7.82 Å². The zero-order valence-electron chi connectivity index (χ0n) is 20.9. The minimum atomic E-state index is -4.64. The van der Waals surface area contributed by atoms with Gasteiger partial charge in [0.25, 0.3) is 5.91 Å². The molecule has 204 valence electrons. The molecule has 1 heterocycles. The molecule has 0 aliphatic heterocycles. The first-order valence-corrected chi connectivity index (χ1v) is 12.6. The van der Waals surface area contributed by atoms with Crippen LogP contribution in [0.2, 0.25) is 0 Å². The van der Waals surface area contributed by atoms with Crippen LogP contribution in [0.15, 0.2) is 60.7 Å². The molecule has 39 heavy (non-hydrogen) atoms. The van der Waals surface area contributed by atoms with Gasteiger partial charge in [-0.3, -0.25) is 4.79 Å². The van der Waals surface area contributed by atoms with Crippen LogP contribution < -0.4 is 20.1 Å². The molecule has 1 aromatic heterocycles. The highest BCUT2D eigenvalue weighted by atomic mass is 31.2. The van der Waals surface area contributed by atoms with E-state index in [2.05, 4.69) is 20.6 Å². The average Bonchev–Trinajstić information content (AvgIpc) is 2.90. The van der Waals surface area contributed by atoms with Gasteiger partial charge in [-0.1, -0.05) is 12.1 Å². The van der Waals surface area contributed by atoms with Gasteiger partial charge in [0.1, 0.15) is 0 Å². The molecule has 0 atom stereocenters. The Hall–Kier alpha value is -4.55. The Morgan fingerprint density at radius 2 is 1.46 bits per heavy atom. The van der Waals surface area contributed by atoms with Gasteiger partial charge in [0.2, 0.25) is 5.95 Å². The van der Waals surface area contributed by atoms with E-state index in [-0.39, 0.29) is 11.5 Å². The fourth-order valence-electron chi connectivity index (χ4n) is 3.50. The van der Waals surface area contributed by atoms with Gasteiger partial charge in [-0.15, -0.1) is 0 Å². The van der Waals surface area contributed by atoms with E-state index >= 15 is 0 Å². The van der Waals surface area contributed by atoms with Crippen molar-refractivity contribution in [3.63, 3.8) is 0 Å². The first kappa shape index (κ1) is 29.0. The van der Waals surface area contributed by atoms with Crippen LogP contribution in [0.3, 0.4) is 0 Å². The van der Waals surface area contributed by atoms with Crippen molar-refractivity contribution in [3.8, 4) is 22.8 Å². The summed E-state index contributed by atoms with van der Waals surface area (Å²) in [5.41, 5.74) is 3.09. The minimum absolute atomic E-state index is 0.113. The van der Waals surface area contributed by atoms with E-state index in [1.807, 2.05) is 18.2 Å². The molecule has 4 aromatic rings. The lowest BCUT2D eigenvalue weighted by molar-refractivity contribution is 0.0696. The zero-order valence-corrected chi connectivity index (χ0v) is 21.8. The fourth-order valence-corrected chi connectivity index (χ4v) is 3.50. The zero-order chi connectivity index (χ0) is 28.7. The van der Waals surface area contributed by atoms with Crippen molar-refractivity contribution < 1.29 is 43.4 Å². The molecular formula is C25H25N4O9P. The van der Waals surface area contributed by atoms with Gasteiger partial charge in [-0.05, 0) is 42.5 Å². The van der Waals surface area contributed by atoms with Gasteiger partial charge in [0.15, 0.2) is 11.5 Å². The molecule has 0 radical (unpaired) electrons. The molecule has 0 saturated heterocycles. The third kappa shape index (κ3) is 7.72. The summed E-state index contributed by atoms with van der Waals surface area (Å²) < 4.78 is 19.7. The maximum absolute atomic E-state index is 12.7. The lowest BCUT2D eigenvalue weighted by Crippen LogP contribution is -2.12. The van der Waals surface area contributed by atoms with Crippen molar-refractivity contribution in [3.05, 3.63) is 71.8 Å². The Bertz CT molecular complexity index is 1550. The van der Waals surface area contributed by atoms with Crippen LogP contribution in [0.5, 0.6) is 11.5 Å². The Balaban J connectivity index is 0.000000771. The Kier molecular flexibility index (Phi) is 9.17. The van der Waals surface area contributed by atoms with Crippen LogP contribution in [0.25, 0.3) is 22.2 Å². The third-order valence-corrected chi connectivity index (χ3v) is 5.21. The number of hydrogen-bond donors (Lipinski definition) is 6. The van der Waals surface area contributed by atoms with Crippen molar-refractivity contribution in [1.82, 2.24) is 9.97 Å². The van der Waals surface area contributed by atoms with Crippen LogP contribution in [0, 0.1) is 0 Å². The van der Waals surface area contributed by atoms with E-state index in [9.17, 15) is 9.59 Å². The number of hydrogen-bond acceptors (Lipinski definition) is 8. The van der Waals surface area contributed by atoms with E-state index in [1.54, 1.807) is 39.5 Å². The SMILES string of the molecule is CNc1nc(-c2cccc(NC(=O)c3ccc(C(=O)O)cc3)c2)c2cc(OC)c(OC)cc2n1.O=P(O)(O)O. The highest BCUT2D eigenvalue weighted by molar-refractivity contribution is 7.45. The minimum Gasteiger partial charge on any atom is -0.493 e. The van der Waals surface area contributed by atoms with E-state index in [4.69, 9.17) is 33.8 Å². The number of rotatable bonds is 7. The normalized spacial score (nSPS) is 10.7. The van der Waals surface area contributed by atoms with E-state index in [0.717, 1.165) is 10.9 Å². The van der Waals surface area contributed by atoms with Crippen molar-refractivity contribution in [1.29, 1.82) is 0 Å². The summed E-state index contributed by atoms with van der Waals surface area (Å²) in [7, 11) is 0.218. The number of carbonyl (C=O) groups is 2. The topological polar surface area (TPSA) is 200 Å². The number of benzene rings is 3. The smallest absolute Gasteiger partial charge is 0.466 e. The van der Waals surface area contributed by atoms with Gasteiger partial charge in [-0.2, -0.15) is 0 Å². The van der Waals surface area contributed by atoms with Gasteiger partial charge in [0, 0.05) is 35.3 Å². The maximum atomic E-state index is 12.7. The number of ether oxygens (including phenoxy) is 2. The number of carbonyl (C=O) groups excluding carboxylic acids is 1. The van der Waals surface area contributed by atoms with Crippen molar-refractivity contribution in [2.75, 3.05) is 31.9 Å². The lowest BCUT2D eigenvalue weighted by atomic mass is 10.0. The molecule has 0 saturated carbocycles. The van der Waals surface area contributed by atoms with E-state index in [1.165, 1.54) is 24.3 Å². The first-order valence-electron chi connectivity index (χ1n) is 11.1. The summed E-state index contributed by atoms with van der Waals surface area (Å²) in [5, 5.41) is 15.6. The standard InChI is InChI=1S/C25H22N4O5.H3O4P/c1-26-25-28-19-13-21(34-3)20(33-2)12-18(19)22(29-25)16-5-4-6-17(11-16)27-23(30)14-7-9-15(10-8-14)24(31)32;1-5(2,3)4/h4-13H,1-3H3,(H,27,30)(H,31,32)(H,26,28,29);(H3,1,2,3,4). The van der Waals surface area contributed by atoms with Gasteiger partial charge < -0.3 is 39.9 Å². The number of methoxy groups -OCH3 is 2. The van der Waals surface area contributed by atoms with Crippen LogP contribution in [0.1, 0.15) is 20.7 Å². The Morgan fingerprint density at radius 1 is 0.872 bits per heavy atom. The number of amides is 1. The number of aromatic carboxylic acids is 1. The van der Waals surface area contributed by atoms with E-state index in [0.29, 0.717) is 39.9 Å². The molecule has 0 aliphatic carbocycles. The maximum Gasteiger partial charge on any atom is 0.466 e. The van der Waals surface area contributed by atoms with Crippen molar-refractivity contribution >= 4 is 42.2 Å². The third-order valence-electron chi connectivity index (χ3n) is 5.21. The summed E-state index contributed by atoms with van der Waals surface area (Å²) in [6.45, 7) is 0. The second-order valence-corrected chi connectivity index (χ2v) is 8.83. The molecule has 3 aromatic carbocycles. The number of nitrogens with zero attached hydrogens (tertiary/aromatic N) is 2. The van der Waals surface area contributed by atoms with Gasteiger partial charge in [0.05, 0.1) is 31.0 Å². The second kappa shape index (κ2) is 12.3. The molecule has 0 bridgehead atoms. The molecule has 6 N–H and O–H groups in total. The monoisotopic (exact) mass is 556 g/mol. The number of anilines is 2. The summed E-state index contributed by atoms with van der Waals surface area (Å²) in [6, 6.07) is 16.6. The summed E-state index contributed by atoms with van der Waals surface area (Å²) >= 11 is 0. The number of fused-ring (bicyclic) bond motifs is 1. The fraction of sp³-hybridized carbons (Fsp3) is 0.120. The van der Waals surface area contributed by atoms with Crippen LogP contribution in [-0.4, -0.2) is 62.9 Å². The number of aromatic nitrogens is 2. The highest BCUT2D eigenvalue weighted by Gasteiger charge is 2.15. The molecule has 1 amide bonds. The predicted octanol–water partition coefficient (Wildman–Crippen LogP) is 3.38. The lowest BCUT2D eigenvalue weighted by Gasteiger charge is -2.13. The molecular weight excluding hydrogens is 531 g/mol. The molecule has 4 rings (SSSR count). The summed E-state index contributed by atoms with van der Waals surface area (Å²) in [6.07, 6.45) is 0. The number of nitrogens with one attached hydrogen (secondary N) is 2. The van der Waals surface area contributed by atoms with Crippen LogP contribution in [-0.2, 0) is 4.57 Å². The summed E-state index contributed by atoms with van der Waals surface area (Å²) in [5.74, 6) is 0.126. The van der Waals surface area contributed by atoms with E-state index < -0.39 is 13.8 Å². The molecule has 0 fully saturated rings. The molecule has 0 aliphatic rings. The first-order chi connectivity index (χ1) is 18.4. The van der Waals surface area contributed by atoms with Gasteiger partial charge in [-0.25, -0.2) is 19.3 Å². The van der Waals surface area contributed by atoms with Crippen LogP contribution in [0.4, 0.5) is 11.6 Å².